The first-order chi connectivity index (χ1) is 12.9. The number of amides is 1. The molecule has 0 fully saturated rings. The molecule has 1 N–H and O–H groups in total. The number of nitro groups is 1. The molecule has 0 saturated heterocycles. The van der Waals surface area contributed by atoms with Gasteiger partial charge in [0.1, 0.15) is 18.2 Å². The van der Waals surface area contributed by atoms with Crippen LogP contribution in [0.15, 0.2) is 49.1 Å². The van der Waals surface area contributed by atoms with E-state index in [1.54, 1.807) is 29.9 Å². The van der Waals surface area contributed by atoms with Crippen LogP contribution in [0.4, 0.5) is 15.8 Å². The van der Waals surface area contributed by atoms with E-state index < -0.39 is 10.8 Å². The van der Waals surface area contributed by atoms with Gasteiger partial charge in [0.25, 0.3) is 0 Å². The zero-order valence-corrected chi connectivity index (χ0v) is 14.4. The third-order valence-electron chi connectivity index (χ3n) is 3.87. The van der Waals surface area contributed by atoms with Gasteiger partial charge in [-0.2, -0.15) is 10.2 Å². The lowest BCUT2D eigenvalue weighted by Crippen LogP contribution is -2.24. The van der Waals surface area contributed by atoms with Gasteiger partial charge >= 0.3 is 5.69 Å². The molecule has 3 aromatic rings. The van der Waals surface area contributed by atoms with E-state index in [9.17, 15) is 19.3 Å². The fourth-order valence-corrected chi connectivity index (χ4v) is 2.51. The van der Waals surface area contributed by atoms with Crippen LogP contribution in [0.25, 0.3) is 0 Å². The van der Waals surface area contributed by atoms with E-state index in [1.165, 1.54) is 29.2 Å². The molecular weight excluding hydrogens is 355 g/mol. The second kappa shape index (κ2) is 7.77. The number of nitrogens with one attached hydrogen (secondary N) is 1. The quantitative estimate of drug-likeness (QED) is 0.506. The van der Waals surface area contributed by atoms with Crippen LogP contribution in [0.2, 0.25) is 0 Å². The molecule has 0 radical (unpaired) electrons. The molecule has 9 nitrogen and oxygen atoms in total. The monoisotopic (exact) mass is 372 g/mol. The molecule has 10 heteroatoms. The lowest BCUT2D eigenvalue weighted by molar-refractivity contribution is -0.385. The fourth-order valence-electron chi connectivity index (χ4n) is 2.51. The summed E-state index contributed by atoms with van der Waals surface area (Å²) in [5.41, 5.74) is 1.14. The number of anilines is 1. The van der Waals surface area contributed by atoms with Crippen molar-refractivity contribution in [2.45, 2.75) is 20.0 Å². The molecule has 27 heavy (non-hydrogen) atoms. The molecule has 0 aliphatic carbocycles. The molecule has 0 aliphatic heterocycles. The van der Waals surface area contributed by atoms with Gasteiger partial charge in [-0.05, 0) is 17.7 Å². The van der Waals surface area contributed by atoms with E-state index in [0.717, 1.165) is 11.8 Å². The zero-order chi connectivity index (χ0) is 19.4. The Morgan fingerprint density at radius 2 is 2.07 bits per heavy atom. The Balaban J connectivity index is 1.57. The molecule has 0 spiro atoms. The molecule has 0 aliphatic rings. The maximum atomic E-state index is 13.2. The van der Waals surface area contributed by atoms with Crippen molar-refractivity contribution in [3.63, 3.8) is 0 Å². The van der Waals surface area contributed by atoms with E-state index in [4.69, 9.17) is 0 Å². The average molecular weight is 372 g/mol. The van der Waals surface area contributed by atoms with Crippen LogP contribution in [-0.2, 0) is 17.9 Å². The number of nitrogens with zero attached hydrogens (tertiary/aromatic N) is 5. The Hall–Kier alpha value is -3.56. The number of carbonyl (C=O) groups is 1. The van der Waals surface area contributed by atoms with Gasteiger partial charge in [0.2, 0.25) is 5.91 Å². The van der Waals surface area contributed by atoms with Gasteiger partial charge < -0.3 is 5.32 Å². The van der Waals surface area contributed by atoms with Crippen LogP contribution < -0.4 is 5.32 Å². The Kier molecular flexibility index (Phi) is 5.25. The third kappa shape index (κ3) is 4.75. The predicted octanol–water partition coefficient (Wildman–Crippen LogP) is 2.45. The van der Waals surface area contributed by atoms with Crippen molar-refractivity contribution in [1.29, 1.82) is 0 Å². The Morgan fingerprint density at radius 1 is 1.30 bits per heavy atom. The van der Waals surface area contributed by atoms with Gasteiger partial charge in [-0.3, -0.25) is 24.3 Å². The maximum absolute atomic E-state index is 13.2. The van der Waals surface area contributed by atoms with Crippen LogP contribution in [0.3, 0.4) is 0 Å². The smallest absolute Gasteiger partial charge is 0.306 e. The summed E-state index contributed by atoms with van der Waals surface area (Å²) in [6.07, 6.45) is 5.57. The normalized spacial score (nSPS) is 11.9. The standard InChI is InChI=1S/C17H17FN6O3/c1-12(8-22-11-16(7-20-22)24(26)27)17(25)21-15-6-19-23(10-15)9-13-3-2-4-14(18)5-13/h2-7,10-12H,8-9H2,1H3,(H,21,25). The first-order valence-corrected chi connectivity index (χ1v) is 8.15. The molecule has 1 amide bonds. The van der Waals surface area contributed by atoms with E-state index >= 15 is 0 Å². The number of aromatic nitrogens is 4. The van der Waals surface area contributed by atoms with Crippen molar-refractivity contribution in [1.82, 2.24) is 19.6 Å². The number of benzene rings is 1. The molecule has 0 saturated carbocycles. The number of carbonyl (C=O) groups excluding carboxylic acids is 1. The summed E-state index contributed by atoms with van der Waals surface area (Å²) in [5, 5.41) is 21.4. The highest BCUT2D eigenvalue weighted by Crippen LogP contribution is 2.13. The lowest BCUT2D eigenvalue weighted by Gasteiger charge is -2.10. The second-order valence-corrected chi connectivity index (χ2v) is 6.12. The third-order valence-corrected chi connectivity index (χ3v) is 3.87. The molecule has 1 unspecified atom stereocenters. The molecule has 2 aromatic heterocycles. The van der Waals surface area contributed by atoms with E-state index in [2.05, 4.69) is 15.5 Å². The van der Waals surface area contributed by atoms with E-state index in [0.29, 0.717) is 12.2 Å². The summed E-state index contributed by atoms with van der Waals surface area (Å²) in [6, 6.07) is 6.20. The number of hydrogen-bond acceptors (Lipinski definition) is 5. The predicted molar refractivity (Wildman–Crippen MR) is 94.4 cm³/mol. The highest BCUT2D eigenvalue weighted by atomic mass is 19.1. The molecule has 140 valence electrons. The first kappa shape index (κ1) is 18.2. The first-order valence-electron chi connectivity index (χ1n) is 8.15. The molecule has 0 bridgehead atoms. The minimum atomic E-state index is -0.540. The number of hydrogen-bond donors (Lipinski definition) is 1. The van der Waals surface area contributed by atoms with Crippen LogP contribution >= 0.6 is 0 Å². The second-order valence-electron chi connectivity index (χ2n) is 6.12. The highest BCUT2D eigenvalue weighted by Gasteiger charge is 2.17. The van der Waals surface area contributed by atoms with E-state index in [1.807, 2.05) is 0 Å². The summed E-state index contributed by atoms with van der Waals surface area (Å²) in [4.78, 5) is 22.4. The van der Waals surface area contributed by atoms with Crippen molar-refractivity contribution in [2.24, 2.45) is 5.92 Å². The summed E-state index contributed by atoms with van der Waals surface area (Å²) in [5.74, 6) is -1.05. The largest absolute Gasteiger partial charge is 0.323 e. The summed E-state index contributed by atoms with van der Waals surface area (Å²) < 4.78 is 16.2. The number of halogens is 1. The lowest BCUT2D eigenvalue weighted by atomic mass is 10.1. The van der Waals surface area contributed by atoms with Gasteiger partial charge in [0, 0.05) is 6.20 Å². The van der Waals surface area contributed by atoms with E-state index in [-0.39, 0.29) is 24.0 Å². The Labute approximate surface area is 153 Å². The topological polar surface area (TPSA) is 108 Å². The minimum Gasteiger partial charge on any atom is -0.323 e. The minimum absolute atomic E-state index is 0.124. The summed E-state index contributed by atoms with van der Waals surface area (Å²) in [6.45, 7) is 2.28. The molecule has 3 rings (SSSR count). The molecule has 2 heterocycles. The highest BCUT2D eigenvalue weighted by molar-refractivity contribution is 5.91. The summed E-state index contributed by atoms with van der Waals surface area (Å²) in [7, 11) is 0. The molecule has 1 aromatic carbocycles. The van der Waals surface area contributed by atoms with Crippen molar-refractivity contribution in [3.8, 4) is 0 Å². The summed E-state index contributed by atoms with van der Waals surface area (Å²) >= 11 is 0. The van der Waals surface area contributed by atoms with Crippen LogP contribution in [0.5, 0.6) is 0 Å². The number of rotatable bonds is 7. The molecular formula is C17H17FN6O3. The zero-order valence-electron chi connectivity index (χ0n) is 14.4. The molecule has 1 atom stereocenters. The van der Waals surface area contributed by atoms with Gasteiger partial charge in [0.15, 0.2) is 0 Å². The van der Waals surface area contributed by atoms with Crippen molar-refractivity contribution < 1.29 is 14.1 Å². The average Bonchev–Trinajstić information content (AvgIpc) is 3.24. The van der Waals surface area contributed by atoms with Crippen LogP contribution in [0, 0.1) is 21.8 Å². The Morgan fingerprint density at radius 3 is 2.78 bits per heavy atom. The van der Waals surface area contributed by atoms with Crippen molar-refractivity contribution in [3.05, 3.63) is 70.5 Å². The van der Waals surface area contributed by atoms with Gasteiger partial charge in [-0.15, -0.1) is 0 Å². The maximum Gasteiger partial charge on any atom is 0.306 e. The van der Waals surface area contributed by atoms with Crippen LogP contribution in [0.1, 0.15) is 12.5 Å². The van der Waals surface area contributed by atoms with Gasteiger partial charge in [-0.1, -0.05) is 19.1 Å². The van der Waals surface area contributed by atoms with Gasteiger partial charge in [0.05, 0.1) is 35.8 Å². The SMILES string of the molecule is CC(Cn1cc([N+](=O)[O-])cn1)C(=O)Nc1cnn(Cc2cccc(F)c2)c1. The fraction of sp³-hybridized carbons (Fsp3) is 0.235. The van der Waals surface area contributed by atoms with Crippen LogP contribution in [-0.4, -0.2) is 30.4 Å². The van der Waals surface area contributed by atoms with Crippen molar-refractivity contribution in [2.75, 3.05) is 5.32 Å². The Bertz CT molecular complexity index is 967. The van der Waals surface area contributed by atoms with Gasteiger partial charge in [-0.25, -0.2) is 4.39 Å². The van der Waals surface area contributed by atoms with Crippen molar-refractivity contribution >= 4 is 17.3 Å².